The van der Waals surface area contributed by atoms with Gasteiger partial charge in [0, 0.05) is 12.6 Å². The molecular formula is C14H17NO4. The van der Waals surface area contributed by atoms with E-state index in [0.717, 1.165) is 11.3 Å². The summed E-state index contributed by atoms with van der Waals surface area (Å²) >= 11 is 0. The van der Waals surface area contributed by atoms with Crippen LogP contribution in [-0.2, 0) is 9.53 Å². The highest BCUT2D eigenvalue weighted by molar-refractivity contribution is 5.70. The van der Waals surface area contributed by atoms with E-state index in [2.05, 4.69) is 5.32 Å². The highest BCUT2D eigenvalue weighted by Gasteiger charge is 2.30. The van der Waals surface area contributed by atoms with Crippen molar-refractivity contribution >= 4 is 5.97 Å². The topological polar surface area (TPSA) is 67.8 Å². The number of hydrogen-bond donors (Lipinski definition) is 2. The molecule has 0 spiro atoms. The molecule has 0 aliphatic carbocycles. The van der Waals surface area contributed by atoms with Gasteiger partial charge in [0.25, 0.3) is 0 Å². The van der Waals surface area contributed by atoms with Crippen molar-refractivity contribution in [2.45, 2.75) is 18.6 Å². The number of aliphatic carboxylic acids is 1. The Bertz CT molecular complexity index is 472. The van der Waals surface area contributed by atoms with Crippen LogP contribution in [0.2, 0.25) is 0 Å². The van der Waals surface area contributed by atoms with Gasteiger partial charge in [-0.15, -0.1) is 0 Å². The molecule has 1 aromatic carbocycles. The van der Waals surface area contributed by atoms with Crippen LogP contribution in [0.1, 0.15) is 18.0 Å². The van der Waals surface area contributed by atoms with E-state index in [1.807, 2.05) is 24.3 Å². The summed E-state index contributed by atoms with van der Waals surface area (Å²) in [7, 11) is 0. The van der Waals surface area contributed by atoms with Crippen molar-refractivity contribution in [2.24, 2.45) is 5.92 Å². The highest BCUT2D eigenvalue weighted by Crippen LogP contribution is 2.29. The minimum Gasteiger partial charge on any atom is -0.486 e. The summed E-state index contributed by atoms with van der Waals surface area (Å²) in [5.41, 5.74) is 1.08. The molecule has 2 saturated heterocycles. The molecule has 5 heteroatoms. The van der Waals surface area contributed by atoms with Crippen LogP contribution in [0.5, 0.6) is 5.75 Å². The van der Waals surface area contributed by atoms with Crippen LogP contribution in [0.3, 0.4) is 0 Å². The van der Waals surface area contributed by atoms with Gasteiger partial charge in [0.1, 0.15) is 11.9 Å². The molecule has 0 saturated carbocycles. The fraction of sp³-hybridized carbons (Fsp3) is 0.500. The van der Waals surface area contributed by atoms with E-state index >= 15 is 0 Å². The number of nitrogens with one attached hydrogen (secondary N) is 1. The van der Waals surface area contributed by atoms with Crippen molar-refractivity contribution in [1.29, 1.82) is 0 Å². The second-order valence-electron chi connectivity index (χ2n) is 5.08. The lowest BCUT2D eigenvalue weighted by Crippen LogP contribution is -2.38. The van der Waals surface area contributed by atoms with E-state index < -0.39 is 5.97 Å². The second-order valence-corrected chi connectivity index (χ2v) is 5.08. The first kappa shape index (κ1) is 12.4. The quantitative estimate of drug-likeness (QED) is 0.854. The van der Waals surface area contributed by atoms with Crippen molar-refractivity contribution in [3.8, 4) is 5.75 Å². The Labute approximate surface area is 111 Å². The van der Waals surface area contributed by atoms with E-state index in [1.165, 1.54) is 0 Å². The van der Waals surface area contributed by atoms with Crippen molar-refractivity contribution in [2.75, 3.05) is 19.8 Å². The summed E-state index contributed by atoms with van der Waals surface area (Å²) in [6.45, 7) is 1.82. The number of benzene rings is 1. The smallest absolute Gasteiger partial charge is 0.307 e. The SMILES string of the molecule is O=C(O)C1CNC(c2cccc(OC3COC3)c2)C1. The molecule has 102 valence electrons. The highest BCUT2D eigenvalue weighted by atomic mass is 16.6. The molecule has 0 amide bonds. The summed E-state index contributed by atoms with van der Waals surface area (Å²) in [5, 5.41) is 12.3. The lowest BCUT2D eigenvalue weighted by atomic mass is 10.00. The van der Waals surface area contributed by atoms with Gasteiger partial charge in [-0.25, -0.2) is 0 Å². The van der Waals surface area contributed by atoms with E-state index in [4.69, 9.17) is 14.6 Å². The first-order valence-electron chi connectivity index (χ1n) is 6.53. The zero-order valence-corrected chi connectivity index (χ0v) is 10.5. The fourth-order valence-electron chi connectivity index (χ4n) is 2.46. The van der Waals surface area contributed by atoms with Crippen molar-refractivity contribution < 1.29 is 19.4 Å². The maximum absolute atomic E-state index is 11.0. The Morgan fingerprint density at radius 1 is 1.42 bits per heavy atom. The van der Waals surface area contributed by atoms with Crippen LogP contribution in [0.4, 0.5) is 0 Å². The molecule has 0 bridgehead atoms. The lowest BCUT2D eigenvalue weighted by Gasteiger charge is -2.27. The first-order chi connectivity index (χ1) is 9.22. The standard InChI is InChI=1S/C14H17NO4/c16-14(17)10-5-13(15-6-10)9-2-1-3-11(4-9)19-12-7-18-8-12/h1-4,10,12-13,15H,5-8H2,(H,16,17). The molecule has 2 unspecified atom stereocenters. The minimum atomic E-state index is -0.728. The number of rotatable bonds is 4. The summed E-state index contributed by atoms with van der Waals surface area (Å²) in [5.74, 6) is -0.199. The molecule has 2 aliphatic rings. The van der Waals surface area contributed by atoms with Crippen molar-refractivity contribution in [1.82, 2.24) is 5.32 Å². The normalized spacial score (nSPS) is 26.9. The molecule has 5 nitrogen and oxygen atoms in total. The van der Waals surface area contributed by atoms with Gasteiger partial charge in [-0.3, -0.25) is 4.79 Å². The lowest BCUT2D eigenvalue weighted by molar-refractivity contribution is -0.141. The number of ether oxygens (including phenoxy) is 2. The van der Waals surface area contributed by atoms with Gasteiger partial charge in [-0.05, 0) is 24.1 Å². The number of hydrogen-bond acceptors (Lipinski definition) is 4. The Morgan fingerprint density at radius 2 is 2.26 bits per heavy atom. The van der Waals surface area contributed by atoms with E-state index in [-0.39, 0.29) is 18.1 Å². The summed E-state index contributed by atoms with van der Waals surface area (Å²) in [6, 6.07) is 7.96. The molecule has 0 radical (unpaired) electrons. The average Bonchev–Trinajstić information content (AvgIpc) is 2.84. The molecule has 2 atom stereocenters. The van der Waals surface area contributed by atoms with Crippen LogP contribution in [0, 0.1) is 5.92 Å². The van der Waals surface area contributed by atoms with Gasteiger partial charge in [-0.1, -0.05) is 12.1 Å². The molecule has 0 aromatic heterocycles. The van der Waals surface area contributed by atoms with Crippen LogP contribution < -0.4 is 10.1 Å². The zero-order chi connectivity index (χ0) is 13.2. The third kappa shape index (κ3) is 2.72. The summed E-state index contributed by atoms with van der Waals surface area (Å²) in [6.07, 6.45) is 0.782. The molecule has 2 N–H and O–H groups in total. The number of carbonyl (C=O) groups is 1. The van der Waals surface area contributed by atoms with Gasteiger partial charge in [0.2, 0.25) is 0 Å². The largest absolute Gasteiger partial charge is 0.486 e. The Balaban J connectivity index is 1.67. The molecule has 2 fully saturated rings. The minimum absolute atomic E-state index is 0.0993. The van der Waals surface area contributed by atoms with Crippen LogP contribution in [0.15, 0.2) is 24.3 Å². The third-order valence-electron chi connectivity index (χ3n) is 3.65. The summed E-state index contributed by atoms with van der Waals surface area (Å²) < 4.78 is 10.8. The molecule has 2 aliphatic heterocycles. The summed E-state index contributed by atoms with van der Waals surface area (Å²) in [4.78, 5) is 11.0. The Kier molecular flexibility index (Phi) is 3.40. The number of carboxylic acid groups (broad SMARTS) is 1. The van der Waals surface area contributed by atoms with Gasteiger partial charge < -0.3 is 19.9 Å². The van der Waals surface area contributed by atoms with Gasteiger partial charge in [0.05, 0.1) is 19.1 Å². The molecule has 1 aromatic rings. The Hall–Kier alpha value is -1.59. The van der Waals surface area contributed by atoms with Gasteiger partial charge in [-0.2, -0.15) is 0 Å². The molecule has 2 heterocycles. The van der Waals surface area contributed by atoms with Crippen molar-refractivity contribution in [3.05, 3.63) is 29.8 Å². The van der Waals surface area contributed by atoms with E-state index in [1.54, 1.807) is 0 Å². The van der Waals surface area contributed by atoms with Crippen LogP contribution in [-0.4, -0.2) is 36.9 Å². The first-order valence-corrected chi connectivity index (χ1v) is 6.53. The van der Waals surface area contributed by atoms with Gasteiger partial charge >= 0.3 is 5.97 Å². The fourth-order valence-corrected chi connectivity index (χ4v) is 2.46. The van der Waals surface area contributed by atoms with Gasteiger partial charge in [0.15, 0.2) is 0 Å². The van der Waals surface area contributed by atoms with Crippen LogP contribution in [0.25, 0.3) is 0 Å². The zero-order valence-electron chi connectivity index (χ0n) is 10.5. The van der Waals surface area contributed by atoms with Crippen LogP contribution >= 0.6 is 0 Å². The third-order valence-corrected chi connectivity index (χ3v) is 3.65. The molecule has 3 rings (SSSR count). The molecule has 19 heavy (non-hydrogen) atoms. The predicted octanol–water partition coefficient (Wildman–Crippen LogP) is 1.20. The molecular weight excluding hydrogens is 246 g/mol. The predicted molar refractivity (Wildman–Crippen MR) is 68.2 cm³/mol. The van der Waals surface area contributed by atoms with Crippen molar-refractivity contribution in [3.63, 3.8) is 0 Å². The van der Waals surface area contributed by atoms with E-state index in [9.17, 15) is 4.79 Å². The van der Waals surface area contributed by atoms with E-state index in [0.29, 0.717) is 26.2 Å². The second kappa shape index (κ2) is 5.19. The Morgan fingerprint density at radius 3 is 2.89 bits per heavy atom. The number of carboxylic acids is 1. The maximum Gasteiger partial charge on any atom is 0.307 e. The average molecular weight is 263 g/mol. The maximum atomic E-state index is 11.0. The monoisotopic (exact) mass is 263 g/mol.